The van der Waals surface area contributed by atoms with E-state index < -0.39 is 11.9 Å². The van der Waals surface area contributed by atoms with Crippen molar-refractivity contribution in [3.63, 3.8) is 0 Å². The molecule has 3 saturated heterocycles. The molecule has 59 heavy (non-hydrogen) atoms. The van der Waals surface area contributed by atoms with Crippen LogP contribution in [0.3, 0.4) is 0 Å². The van der Waals surface area contributed by atoms with Crippen LogP contribution >= 0.6 is 11.6 Å². The van der Waals surface area contributed by atoms with Crippen LogP contribution in [0.4, 0.5) is 11.4 Å². The number of piperazine rings is 1. The zero-order valence-electron chi connectivity index (χ0n) is 34.0. The molecule has 13 nitrogen and oxygen atoms in total. The summed E-state index contributed by atoms with van der Waals surface area (Å²) < 4.78 is 7.61. The second kappa shape index (κ2) is 16.0. The van der Waals surface area contributed by atoms with Crippen LogP contribution in [0.1, 0.15) is 75.3 Å². The lowest BCUT2D eigenvalue weighted by Gasteiger charge is -2.63. The molecule has 2 N–H and O–H groups in total. The number of imide groups is 1. The van der Waals surface area contributed by atoms with Gasteiger partial charge in [0.05, 0.1) is 22.2 Å². The van der Waals surface area contributed by atoms with Gasteiger partial charge < -0.3 is 19.9 Å². The van der Waals surface area contributed by atoms with Gasteiger partial charge in [-0.2, -0.15) is 10.4 Å². The molecule has 8 rings (SSSR count). The molecule has 4 fully saturated rings. The molecule has 4 aromatic rings. The van der Waals surface area contributed by atoms with Crippen molar-refractivity contribution in [2.24, 2.45) is 16.7 Å². The molecular weight excluding hydrogens is 768 g/mol. The van der Waals surface area contributed by atoms with Crippen molar-refractivity contribution >= 4 is 51.5 Å². The summed E-state index contributed by atoms with van der Waals surface area (Å²) in [5.41, 5.74) is 2.11. The number of anilines is 2. The fraction of sp³-hybridized carbons (Fsp3) is 0.467. The van der Waals surface area contributed by atoms with Gasteiger partial charge in [-0.25, -0.2) is 4.68 Å². The molecule has 4 aliphatic rings. The molecule has 1 saturated carbocycles. The first-order valence-electron chi connectivity index (χ1n) is 20.6. The highest BCUT2D eigenvalue weighted by Gasteiger charge is 2.64. The highest BCUT2D eigenvalue weighted by molar-refractivity contribution is 6.31. The van der Waals surface area contributed by atoms with E-state index in [9.17, 15) is 24.4 Å². The van der Waals surface area contributed by atoms with E-state index in [1.165, 1.54) is 4.68 Å². The second-order valence-corrected chi connectivity index (χ2v) is 18.1. The molecule has 3 aliphatic heterocycles. The number of nitrogens with zero attached hydrogens (tertiary/aromatic N) is 6. The number of amides is 3. The molecule has 4 heterocycles. The molecule has 0 spiro atoms. The Morgan fingerprint density at radius 1 is 0.915 bits per heavy atom. The predicted octanol–water partition coefficient (Wildman–Crippen LogP) is 5.55. The van der Waals surface area contributed by atoms with Crippen LogP contribution in [0.2, 0.25) is 5.02 Å². The topological polar surface area (TPSA) is 153 Å². The maximum Gasteiger partial charge on any atom is 0.275 e. The Morgan fingerprint density at radius 2 is 1.63 bits per heavy atom. The first kappa shape index (κ1) is 40.3. The number of benzene rings is 3. The second-order valence-electron chi connectivity index (χ2n) is 17.7. The van der Waals surface area contributed by atoms with Crippen LogP contribution in [-0.4, -0.2) is 90.4 Å². The minimum absolute atomic E-state index is 0.105. The van der Waals surface area contributed by atoms with E-state index in [1.54, 1.807) is 30.5 Å². The standard InChI is InChI=1S/C45H51ClN8O5/c1-44(2)42(45(3,4)43(44)59-32-13-10-30(25-47)35(46)24-32)50-39(56)29-8-11-31(12-9-29)52-18-16-28(17-19-52)27-51-20-22-53(23-21-51)36-7-5-6-33-34(36)26-48-54(41(33)58)37-14-15-38(55)49-40(37)57/h5-13,24,26,28,37,42-43H,14-23,27H2,1-4H3,(H,50,56)(H,49,55,57)/t37-,42?,43?/m1/s1. The predicted molar refractivity (Wildman–Crippen MR) is 227 cm³/mol. The summed E-state index contributed by atoms with van der Waals surface area (Å²) in [4.78, 5) is 58.3. The summed E-state index contributed by atoms with van der Waals surface area (Å²) in [6, 6.07) is 19.9. The van der Waals surface area contributed by atoms with Crippen LogP contribution in [-0.2, 0) is 9.59 Å². The van der Waals surface area contributed by atoms with Gasteiger partial charge in [-0.3, -0.25) is 29.4 Å². The zero-order chi connectivity index (χ0) is 41.6. The number of fused-ring (bicyclic) bond motifs is 1. The van der Waals surface area contributed by atoms with Crippen molar-refractivity contribution in [3.05, 3.63) is 93.4 Å². The maximum atomic E-state index is 13.5. The number of hydrogen-bond donors (Lipinski definition) is 2. The number of hydrogen-bond acceptors (Lipinski definition) is 10. The van der Waals surface area contributed by atoms with Gasteiger partial charge >= 0.3 is 0 Å². The van der Waals surface area contributed by atoms with Gasteiger partial charge in [-0.1, -0.05) is 45.4 Å². The number of aromatic nitrogens is 2. The molecule has 1 aromatic heterocycles. The van der Waals surface area contributed by atoms with Crippen LogP contribution in [0, 0.1) is 28.1 Å². The van der Waals surface area contributed by atoms with E-state index in [0.29, 0.717) is 33.2 Å². The Balaban J connectivity index is 0.807. The van der Waals surface area contributed by atoms with Crippen molar-refractivity contribution in [2.45, 2.75) is 71.6 Å². The van der Waals surface area contributed by atoms with Gasteiger partial charge in [0, 0.05) is 97.5 Å². The molecule has 1 atom stereocenters. The Bertz CT molecular complexity index is 2360. The van der Waals surface area contributed by atoms with E-state index >= 15 is 0 Å². The first-order valence-corrected chi connectivity index (χ1v) is 21.0. The fourth-order valence-electron chi connectivity index (χ4n) is 10.1. The zero-order valence-corrected chi connectivity index (χ0v) is 34.8. The SMILES string of the molecule is CC1(C)C(NC(=O)c2ccc(N3CCC(CN4CCN(c5cccc6c(=O)n([C@@H]7CCC(=O)NC7=O)ncc56)CC4)CC3)cc2)C(C)(C)C1Oc1ccc(C#N)c(Cl)c1. The highest BCUT2D eigenvalue weighted by Crippen LogP contribution is 2.55. The van der Waals surface area contributed by atoms with E-state index in [2.05, 4.69) is 76.3 Å². The smallest absolute Gasteiger partial charge is 0.275 e. The van der Waals surface area contributed by atoms with Crippen molar-refractivity contribution in [1.29, 1.82) is 5.26 Å². The largest absolute Gasteiger partial charge is 0.489 e. The summed E-state index contributed by atoms with van der Waals surface area (Å²) in [5.74, 6) is 0.286. The normalized spacial score (nSPS) is 23.3. The Hall–Kier alpha value is -5.45. The van der Waals surface area contributed by atoms with Crippen LogP contribution in [0.5, 0.6) is 5.75 Å². The van der Waals surface area contributed by atoms with Crippen LogP contribution in [0.25, 0.3) is 10.8 Å². The van der Waals surface area contributed by atoms with Gasteiger partial charge in [-0.05, 0) is 73.7 Å². The summed E-state index contributed by atoms with van der Waals surface area (Å²) >= 11 is 6.26. The fourth-order valence-corrected chi connectivity index (χ4v) is 10.3. The number of piperidine rings is 2. The molecule has 0 bridgehead atoms. The number of nitriles is 1. The van der Waals surface area contributed by atoms with Crippen molar-refractivity contribution in [2.75, 3.05) is 55.6 Å². The average molecular weight is 819 g/mol. The quantitative estimate of drug-likeness (QED) is 0.206. The minimum Gasteiger partial charge on any atom is -0.489 e. The number of carbonyl (C=O) groups excluding carboxylic acids is 3. The number of nitrogens with one attached hydrogen (secondary N) is 2. The van der Waals surface area contributed by atoms with Crippen molar-refractivity contribution in [1.82, 2.24) is 25.3 Å². The lowest BCUT2D eigenvalue weighted by Crippen LogP contribution is -2.74. The number of ether oxygens (including phenoxy) is 1. The third-order valence-corrected chi connectivity index (χ3v) is 13.4. The van der Waals surface area contributed by atoms with Gasteiger partial charge in [0.2, 0.25) is 5.91 Å². The lowest BCUT2D eigenvalue weighted by atomic mass is 9.49. The van der Waals surface area contributed by atoms with Gasteiger partial charge in [-0.15, -0.1) is 0 Å². The van der Waals surface area contributed by atoms with Gasteiger partial charge in [0.1, 0.15) is 24.0 Å². The molecular formula is C45H51ClN8O5. The summed E-state index contributed by atoms with van der Waals surface area (Å²) in [7, 11) is 0. The first-order chi connectivity index (χ1) is 28.2. The molecule has 3 amide bonds. The third-order valence-electron chi connectivity index (χ3n) is 13.1. The lowest BCUT2D eigenvalue weighted by molar-refractivity contribution is -0.164. The molecule has 0 unspecified atom stereocenters. The number of rotatable bonds is 9. The Morgan fingerprint density at radius 3 is 2.29 bits per heavy atom. The van der Waals surface area contributed by atoms with Gasteiger partial charge in [0.25, 0.3) is 17.4 Å². The van der Waals surface area contributed by atoms with Crippen LogP contribution < -0.4 is 30.7 Å². The highest BCUT2D eigenvalue weighted by atomic mass is 35.5. The third kappa shape index (κ3) is 7.76. The van der Waals surface area contributed by atoms with Crippen LogP contribution in [0.15, 0.2) is 71.7 Å². The van der Waals surface area contributed by atoms with E-state index in [4.69, 9.17) is 16.3 Å². The minimum atomic E-state index is -0.790. The summed E-state index contributed by atoms with van der Waals surface area (Å²) in [5, 5.41) is 20.9. The van der Waals surface area contributed by atoms with E-state index in [-0.39, 0.29) is 53.2 Å². The molecule has 308 valence electrons. The van der Waals surface area contributed by atoms with E-state index in [1.807, 2.05) is 24.3 Å². The Kier molecular flexibility index (Phi) is 10.9. The number of halogens is 1. The van der Waals surface area contributed by atoms with Crippen molar-refractivity contribution in [3.8, 4) is 11.8 Å². The molecule has 14 heteroatoms. The van der Waals surface area contributed by atoms with E-state index in [0.717, 1.165) is 75.4 Å². The maximum absolute atomic E-state index is 13.5. The molecule has 3 aromatic carbocycles. The summed E-state index contributed by atoms with van der Waals surface area (Å²) in [6.07, 6.45) is 4.14. The summed E-state index contributed by atoms with van der Waals surface area (Å²) in [6.45, 7) is 14.9. The average Bonchev–Trinajstić information content (AvgIpc) is 3.23. The van der Waals surface area contributed by atoms with Gasteiger partial charge in [0.15, 0.2) is 0 Å². The molecule has 1 aliphatic carbocycles. The van der Waals surface area contributed by atoms with Crippen molar-refractivity contribution < 1.29 is 19.1 Å². The Labute approximate surface area is 349 Å². The number of carbonyl (C=O) groups is 3. The monoisotopic (exact) mass is 818 g/mol. The molecule has 0 radical (unpaired) electrons.